The van der Waals surface area contributed by atoms with Gasteiger partial charge in [0, 0.05) is 23.7 Å². The van der Waals surface area contributed by atoms with Crippen molar-refractivity contribution in [3.8, 4) is 0 Å². The van der Waals surface area contributed by atoms with Crippen LogP contribution >= 0.6 is 15.9 Å². The van der Waals surface area contributed by atoms with Crippen LogP contribution in [0.3, 0.4) is 0 Å². The summed E-state index contributed by atoms with van der Waals surface area (Å²) >= 11 is 3.07. The Morgan fingerprint density at radius 2 is 2.11 bits per heavy atom. The summed E-state index contributed by atoms with van der Waals surface area (Å²) in [5.74, 6) is 0.968. The number of nitro groups is 1. The maximum absolute atomic E-state index is 11.2. The van der Waals surface area contributed by atoms with Gasteiger partial charge in [0.15, 0.2) is 11.6 Å². The van der Waals surface area contributed by atoms with E-state index in [0.29, 0.717) is 37.4 Å². The van der Waals surface area contributed by atoms with Crippen molar-refractivity contribution >= 4 is 21.7 Å². The van der Waals surface area contributed by atoms with Crippen LogP contribution in [0.25, 0.3) is 0 Å². The lowest BCUT2D eigenvalue weighted by Gasteiger charge is -2.20. The van der Waals surface area contributed by atoms with E-state index in [0.717, 1.165) is 0 Å². The molecule has 0 atom stereocenters. The lowest BCUT2D eigenvalue weighted by Crippen LogP contribution is -2.25. The number of carbonyl (C=O) groups excluding carboxylic acids is 1. The van der Waals surface area contributed by atoms with Gasteiger partial charge in [-0.15, -0.1) is 0 Å². The molecule has 1 fully saturated rings. The van der Waals surface area contributed by atoms with E-state index in [2.05, 4.69) is 26.1 Å². The van der Waals surface area contributed by atoms with Crippen molar-refractivity contribution in [1.29, 1.82) is 0 Å². The number of Topliss-reactive ketones (excluding diaryl/α,β-unsaturated/α-hetero) is 1. The van der Waals surface area contributed by atoms with Gasteiger partial charge < -0.3 is 4.52 Å². The first-order chi connectivity index (χ1) is 9.10. The highest BCUT2D eigenvalue weighted by molar-refractivity contribution is 9.09. The zero-order valence-electron chi connectivity index (χ0n) is 10.2. The van der Waals surface area contributed by atoms with Crippen LogP contribution in [0.15, 0.2) is 4.52 Å². The van der Waals surface area contributed by atoms with E-state index in [4.69, 9.17) is 4.52 Å². The molecule has 8 heteroatoms. The summed E-state index contributed by atoms with van der Waals surface area (Å²) in [5, 5.41) is 14.8. The fraction of sp³-hybridized carbons (Fsp3) is 0.727. The van der Waals surface area contributed by atoms with Gasteiger partial charge in [-0.2, -0.15) is 4.98 Å². The van der Waals surface area contributed by atoms with Crippen molar-refractivity contribution < 1.29 is 14.2 Å². The fourth-order valence-electron chi connectivity index (χ4n) is 2.27. The first-order valence-electron chi connectivity index (χ1n) is 6.13. The number of carbonyl (C=O) groups is 1. The maximum atomic E-state index is 11.2. The van der Waals surface area contributed by atoms with E-state index in [1.807, 2.05) is 0 Å². The van der Waals surface area contributed by atoms with Crippen LogP contribution in [0.2, 0.25) is 0 Å². The molecule has 1 aliphatic carbocycles. The standard InChI is InChI=1S/C11H14BrN3O4/c12-6-9(16)5-10-13-11(14-19-10)7-1-3-8(4-2-7)15(17)18/h7-8H,1-6H2. The predicted octanol–water partition coefficient (Wildman–Crippen LogP) is 1.88. The Bertz CT molecular complexity index is 468. The summed E-state index contributed by atoms with van der Waals surface area (Å²) in [6.45, 7) is 0. The number of hydrogen-bond donors (Lipinski definition) is 0. The molecule has 7 nitrogen and oxygen atoms in total. The van der Waals surface area contributed by atoms with Gasteiger partial charge in [-0.25, -0.2) is 0 Å². The topological polar surface area (TPSA) is 99.1 Å². The number of halogens is 1. The van der Waals surface area contributed by atoms with E-state index >= 15 is 0 Å². The summed E-state index contributed by atoms with van der Waals surface area (Å²) < 4.78 is 5.03. The molecule has 1 heterocycles. The van der Waals surface area contributed by atoms with Gasteiger partial charge in [-0.3, -0.25) is 14.9 Å². The molecule has 0 bridgehead atoms. The molecule has 1 aromatic heterocycles. The average molecular weight is 332 g/mol. The molecular formula is C11H14BrN3O4. The summed E-state index contributed by atoms with van der Waals surface area (Å²) in [4.78, 5) is 25.9. The fourth-order valence-corrected chi connectivity index (χ4v) is 2.46. The quantitative estimate of drug-likeness (QED) is 0.464. The van der Waals surface area contributed by atoms with E-state index in [9.17, 15) is 14.9 Å². The highest BCUT2D eigenvalue weighted by Crippen LogP contribution is 2.32. The normalized spacial score (nSPS) is 23.2. The molecule has 1 saturated carbocycles. The Morgan fingerprint density at radius 1 is 1.42 bits per heavy atom. The first-order valence-corrected chi connectivity index (χ1v) is 7.26. The Balaban J connectivity index is 1.93. The minimum Gasteiger partial charge on any atom is -0.339 e. The van der Waals surface area contributed by atoms with Crippen molar-refractivity contribution in [1.82, 2.24) is 10.1 Å². The van der Waals surface area contributed by atoms with Gasteiger partial charge in [0.05, 0.1) is 11.8 Å². The van der Waals surface area contributed by atoms with Gasteiger partial charge in [-0.05, 0) is 12.8 Å². The molecule has 0 aliphatic heterocycles. The molecule has 0 spiro atoms. The largest absolute Gasteiger partial charge is 0.339 e. The molecular weight excluding hydrogens is 318 g/mol. The smallest absolute Gasteiger partial charge is 0.234 e. The van der Waals surface area contributed by atoms with Crippen LogP contribution < -0.4 is 0 Å². The summed E-state index contributed by atoms with van der Waals surface area (Å²) in [6, 6.07) is -0.447. The third-order valence-electron chi connectivity index (χ3n) is 3.34. The molecule has 0 aromatic carbocycles. The van der Waals surface area contributed by atoms with E-state index in [-0.39, 0.29) is 28.4 Å². The number of aromatic nitrogens is 2. The highest BCUT2D eigenvalue weighted by atomic mass is 79.9. The number of hydrogen-bond acceptors (Lipinski definition) is 6. The maximum Gasteiger partial charge on any atom is 0.234 e. The van der Waals surface area contributed by atoms with Crippen molar-refractivity contribution in [2.75, 3.05) is 5.33 Å². The lowest BCUT2D eigenvalue weighted by molar-refractivity contribution is -0.526. The third kappa shape index (κ3) is 3.59. The first kappa shape index (κ1) is 14.1. The van der Waals surface area contributed by atoms with Crippen LogP contribution in [-0.4, -0.2) is 32.2 Å². The van der Waals surface area contributed by atoms with Crippen LogP contribution in [0.1, 0.15) is 43.3 Å². The van der Waals surface area contributed by atoms with Gasteiger partial charge in [0.25, 0.3) is 0 Å². The van der Waals surface area contributed by atoms with Crippen molar-refractivity contribution in [3.63, 3.8) is 0 Å². The second kappa shape index (κ2) is 6.23. The second-order valence-corrected chi connectivity index (χ2v) is 5.25. The molecule has 1 aromatic rings. The number of rotatable bonds is 5. The SMILES string of the molecule is O=C(CBr)Cc1nc(C2CCC([N+](=O)[O-])CC2)no1. The third-order valence-corrected chi connectivity index (χ3v) is 3.97. The van der Waals surface area contributed by atoms with Gasteiger partial charge in [0.2, 0.25) is 11.9 Å². The van der Waals surface area contributed by atoms with E-state index in [1.54, 1.807) is 0 Å². The van der Waals surface area contributed by atoms with Gasteiger partial charge in [0.1, 0.15) is 0 Å². The Morgan fingerprint density at radius 3 is 2.68 bits per heavy atom. The summed E-state index contributed by atoms with van der Waals surface area (Å²) in [6.07, 6.45) is 2.60. The van der Waals surface area contributed by atoms with Crippen LogP contribution in [0.4, 0.5) is 0 Å². The van der Waals surface area contributed by atoms with Crippen molar-refractivity contribution in [3.05, 3.63) is 21.8 Å². The van der Waals surface area contributed by atoms with Crippen LogP contribution in [-0.2, 0) is 11.2 Å². The van der Waals surface area contributed by atoms with Gasteiger partial charge in [-0.1, -0.05) is 21.1 Å². The van der Waals surface area contributed by atoms with E-state index < -0.39 is 6.04 Å². The highest BCUT2D eigenvalue weighted by Gasteiger charge is 2.31. The van der Waals surface area contributed by atoms with Crippen molar-refractivity contribution in [2.24, 2.45) is 0 Å². The summed E-state index contributed by atoms with van der Waals surface area (Å²) in [5.41, 5.74) is 0. The average Bonchev–Trinajstić information content (AvgIpc) is 2.87. The molecule has 0 unspecified atom stereocenters. The van der Waals surface area contributed by atoms with Crippen LogP contribution in [0.5, 0.6) is 0 Å². The summed E-state index contributed by atoms with van der Waals surface area (Å²) in [7, 11) is 0. The lowest BCUT2D eigenvalue weighted by atomic mass is 9.86. The molecule has 19 heavy (non-hydrogen) atoms. The molecule has 0 amide bonds. The van der Waals surface area contributed by atoms with Crippen molar-refractivity contribution in [2.45, 2.75) is 44.1 Å². The molecule has 0 radical (unpaired) electrons. The van der Waals surface area contributed by atoms with E-state index in [1.165, 1.54) is 0 Å². The molecule has 1 aliphatic rings. The molecule has 104 valence electrons. The number of ketones is 1. The Labute approximate surface area is 118 Å². The monoisotopic (exact) mass is 331 g/mol. The Kier molecular flexibility index (Phi) is 4.62. The molecule has 2 rings (SSSR count). The number of alkyl halides is 1. The predicted molar refractivity (Wildman–Crippen MR) is 68.8 cm³/mol. The second-order valence-electron chi connectivity index (χ2n) is 4.69. The Hall–Kier alpha value is -1.31. The minimum atomic E-state index is -0.447. The van der Waals surface area contributed by atoms with Crippen LogP contribution in [0, 0.1) is 10.1 Å². The zero-order valence-corrected chi connectivity index (χ0v) is 11.8. The molecule has 0 saturated heterocycles. The number of nitrogens with zero attached hydrogens (tertiary/aromatic N) is 3. The van der Waals surface area contributed by atoms with Gasteiger partial charge >= 0.3 is 0 Å². The molecule has 0 N–H and O–H groups in total. The minimum absolute atomic E-state index is 0.0211. The zero-order chi connectivity index (χ0) is 13.8.